The fourth-order valence-electron chi connectivity index (χ4n) is 1.81. The summed E-state index contributed by atoms with van der Waals surface area (Å²) in [6, 6.07) is 0.536. The molecule has 3 N–H and O–H groups in total. The number of rotatable bonds is 6. The van der Waals surface area contributed by atoms with Gasteiger partial charge in [0.1, 0.15) is 5.54 Å². The number of likely N-dealkylation sites (N-methyl/N-ethyl adjacent to an activating group) is 1. The molecular weight excluding hydrogens is 218 g/mol. The second kappa shape index (κ2) is 6.33. The quantitative estimate of drug-likeness (QED) is 0.686. The summed E-state index contributed by atoms with van der Waals surface area (Å²) in [5.74, 6) is -0.0902. The lowest BCUT2D eigenvalue weighted by atomic mass is 9.99. The summed E-state index contributed by atoms with van der Waals surface area (Å²) in [7, 11) is 2.07. The summed E-state index contributed by atoms with van der Waals surface area (Å²) in [6.07, 6.45) is 1.72. The van der Waals surface area contributed by atoms with Gasteiger partial charge < -0.3 is 20.7 Å². The molecule has 2 unspecified atom stereocenters. The molecule has 0 bridgehead atoms. The Kier molecular flexibility index (Phi) is 5.36. The van der Waals surface area contributed by atoms with Crippen molar-refractivity contribution in [3.05, 3.63) is 0 Å². The fraction of sp³-hybridized carbons (Fsp3) is 0.917. The molecule has 17 heavy (non-hydrogen) atoms. The number of carbonyl (C=O) groups excluding carboxylic acids is 1. The van der Waals surface area contributed by atoms with Crippen LogP contribution in [0.4, 0.5) is 0 Å². The standard InChI is InChI=1S/C12H25N3O2/c1-4-10(2)15(3)7-6-14-11(16)12(13)5-8-17-9-12/h10H,4-9,13H2,1-3H3,(H,14,16). The van der Waals surface area contributed by atoms with E-state index in [0.29, 0.717) is 32.2 Å². The van der Waals surface area contributed by atoms with E-state index in [2.05, 4.69) is 31.1 Å². The highest BCUT2D eigenvalue weighted by molar-refractivity contribution is 5.86. The fourth-order valence-corrected chi connectivity index (χ4v) is 1.81. The zero-order valence-corrected chi connectivity index (χ0v) is 11.2. The van der Waals surface area contributed by atoms with E-state index in [0.717, 1.165) is 13.0 Å². The normalized spacial score (nSPS) is 26.2. The minimum Gasteiger partial charge on any atom is -0.379 e. The molecular formula is C12H25N3O2. The van der Waals surface area contributed by atoms with Gasteiger partial charge in [0.05, 0.1) is 6.61 Å². The Morgan fingerprint density at radius 2 is 2.35 bits per heavy atom. The summed E-state index contributed by atoms with van der Waals surface area (Å²) < 4.78 is 5.17. The first-order chi connectivity index (χ1) is 7.99. The van der Waals surface area contributed by atoms with E-state index < -0.39 is 5.54 Å². The lowest BCUT2D eigenvalue weighted by molar-refractivity contribution is -0.126. The summed E-state index contributed by atoms with van der Waals surface area (Å²) >= 11 is 0. The van der Waals surface area contributed by atoms with E-state index in [1.165, 1.54) is 0 Å². The highest BCUT2D eigenvalue weighted by atomic mass is 16.5. The summed E-state index contributed by atoms with van der Waals surface area (Å²) in [4.78, 5) is 14.1. The van der Waals surface area contributed by atoms with Crippen LogP contribution in [0.1, 0.15) is 26.7 Å². The van der Waals surface area contributed by atoms with Gasteiger partial charge in [-0.3, -0.25) is 4.79 Å². The number of amides is 1. The third-order valence-electron chi connectivity index (χ3n) is 3.60. The molecule has 1 amide bonds. The minimum atomic E-state index is -0.811. The van der Waals surface area contributed by atoms with Crippen LogP contribution in [0.5, 0.6) is 0 Å². The Morgan fingerprint density at radius 1 is 1.65 bits per heavy atom. The van der Waals surface area contributed by atoms with Crippen LogP contribution in [0, 0.1) is 0 Å². The molecule has 0 aromatic rings. The highest BCUT2D eigenvalue weighted by Crippen LogP contribution is 2.15. The largest absolute Gasteiger partial charge is 0.379 e. The number of nitrogens with two attached hydrogens (primary N) is 1. The van der Waals surface area contributed by atoms with Gasteiger partial charge in [-0.1, -0.05) is 6.92 Å². The molecule has 2 atom stereocenters. The molecule has 5 heteroatoms. The maximum Gasteiger partial charge on any atom is 0.242 e. The minimum absolute atomic E-state index is 0.0902. The number of hydrogen-bond acceptors (Lipinski definition) is 4. The molecule has 1 aliphatic heterocycles. The van der Waals surface area contributed by atoms with Gasteiger partial charge in [-0.15, -0.1) is 0 Å². The maximum absolute atomic E-state index is 11.9. The maximum atomic E-state index is 11.9. The highest BCUT2D eigenvalue weighted by Gasteiger charge is 2.37. The van der Waals surface area contributed by atoms with Gasteiger partial charge in [0, 0.05) is 25.7 Å². The predicted molar refractivity (Wildman–Crippen MR) is 67.7 cm³/mol. The van der Waals surface area contributed by atoms with Crippen LogP contribution >= 0.6 is 0 Å². The molecule has 0 spiro atoms. The van der Waals surface area contributed by atoms with Gasteiger partial charge >= 0.3 is 0 Å². The third-order valence-corrected chi connectivity index (χ3v) is 3.60. The number of hydrogen-bond donors (Lipinski definition) is 2. The lowest BCUT2D eigenvalue weighted by Gasteiger charge is -2.25. The van der Waals surface area contributed by atoms with E-state index in [9.17, 15) is 4.79 Å². The molecule has 0 radical (unpaired) electrons. The van der Waals surface area contributed by atoms with Crippen molar-refractivity contribution in [2.75, 3.05) is 33.4 Å². The van der Waals surface area contributed by atoms with Crippen LogP contribution in [-0.4, -0.2) is 55.7 Å². The molecule has 1 aliphatic rings. The van der Waals surface area contributed by atoms with E-state index in [4.69, 9.17) is 10.5 Å². The van der Waals surface area contributed by atoms with Crippen molar-refractivity contribution in [2.45, 2.75) is 38.3 Å². The summed E-state index contributed by atoms with van der Waals surface area (Å²) in [5.41, 5.74) is 5.14. The van der Waals surface area contributed by atoms with Crippen molar-refractivity contribution in [1.29, 1.82) is 0 Å². The average molecular weight is 243 g/mol. The number of ether oxygens (including phenoxy) is 1. The lowest BCUT2D eigenvalue weighted by Crippen LogP contribution is -2.55. The van der Waals surface area contributed by atoms with Gasteiger partial charge in [-0.05, 0) is 26.8 Å². The van der Waals surface area contributed by atoms with Gasteiger partial charge in [-0.2, -0.15) is 0 Å². The van der Waals surface area contributed by atoms with Crippen LogP contribution in [0.2, 0.25) is 0 Å². The SMILES string of the molecule is CCC(C)N(C)CCNC(=O)C1(N)CCOC1. The van der Waals surface area contributed by atoms with Crippen LogP contribution in [-0.2, 0) is 9.53 Å². The number of nitrogens with zero attached hydrogens (tertiary/aromatic N) is 1. The molecule has 1 rings (SSSR count). The predicted octanol–water partition coefficient (Wildman–Crippen LogP) is -0.0493. The van der Waals surface area contributed by atoms with Crippen LogP contribution in [0.3, 0.4) is 0 Å². The Bertz CT molecular complexity index is 252. The topological polar surface area (TPSA) is 67.6 Å². The molecule has 1 heterocycles. The first-order valence-electron chi connectivity index (χ1n) is 6.35. The molecule has 1 saturated heterocycles. The van der Waals surface area contributed by atoms with Crippen molar-refractivity contribution in [2.24, 2.45) is 5.73 Å². The van der Waals surface area contributed by atoms with Crippen LogP contribution in [0.25, 0.3) is 0 Å². The number of carbonyl (C=O) groups is 1. The Hall–Kier alpha value is -0.650. The summed E-state index contributed by atoms with van der Waals surface area (Å²) in [5, 5.41) is 2.89. The van der Waals surface area contributed by atoms with Gasteiger partial charge in [0.15, 0.2) is 0 Å². The monoisotopic (exact) mass is 243 g/mol. The van der Waals surface area contributed by atoms with Crippen LogP contribution in [0.15, 0.2) is 0 Å². The average Bonchev–Trinajstić information content (AvgIpc) is 2.76. The van der Waals surface area contributed by atoms with E-state index >= 15 is 0 Å². The molecule has 5 nitrogen and oxygen atoms in total. The van der Waals surface area contributed by atoms with Crippen molar-refractivity contribution >= 4 is 5.91 Å². The zero-order chi connectivity index (χ0) is 12.9. The van der Waals surface area contributed by atoms with Gasteiger partial charge in [0.2, 0.25) is 5.91 Å². The Labute approximate surface area is 104 Å². The molecule has 100 valence electrons. The van der Waals surface area contributed by atoms with Crippen molar-refractivity contribution in [3.63, 3.8) is 0 Å². The molecule has 0 aliphatic carbocycles. The zero-order valence-electron chi connectivity index (χ0n) is 11.2. The first kappa shape index (κ1) is 14.4. The van der Waals surface area contributed by atoms with Gasteiger partial charge in [-0.25, -0.2) is 0 Å². The first-order valence-corrected chi connectivity index (χ1v) is 6.35. The molecule has 1 fully saturated rings. The third kappa shape index (κ3) is 3.94. The Morgan fingerprint density at radius 3 is 2.88 bits per heavy atom. The van der Waals surface area contributed by atoms with Gasteiger partial charge in [0.25, 0.3) is 0 Å². The molecule has 0 aromatic carbocycles. The second-order valence-corrected chi connectivity index (χ2v) is 4.95. The number of nitrogens with one attached hydrogen (secondary N) is 1. The smallest absolute Gasteiger partial charge is 0.242 e. The summed E-state index contributed by atoms with van der Waals surface area (Å²) in [6.45, 7) is 6.73. The van der Waals surface area contributed by atoms with Crippen molar-refractivity contribution in [3.8, 4) is 0 Å². The Balaban J connectivity index is 2.24. The van der Waals surface area contributed by atoms with Crippen molar-refractivity contribution in [1.82, 2.24) is 10.2 Å². The van der Waals surface area contributed by atoms with Crippen LogP contribution < -0.4 is 11.1 Å². The van der Waals surface area contributed by atoms with E-state index in [1.54, 1.807) is 0 Å². The molecule has 0 saturated carbocycles. The van der Waals surface area contributed by atoms with E-state index in [1.807, 2.05) is 0 Å². The second-order valence-electron chi connectivity index (χ2n) is 4.95. The van der Waals surface area contributed by atoms with Crippen molar-refractivity contribution < 1.29 is 9.53 Å². The van der Waals surface area contributed by atoms with E-state index in [-0.39, 0.29) is 5.91 Å². The molecule has 0 aromatic heterocycles.